The Kier molecular flexibility index (Phi) is 58.3. The lowest BCUT2D eigenvalue weighted by Gasteiger charge is -2.18. The third-order valence-electron chi connectivity index (χ3n) is 13.0. The first-order valence-corrected chi connectivity index (χ1v) is 30.9. The Morgan fingerprint density at radius 3 is 0.932 bits per heavy atom. The molecule has 0 aliphatic rings. The van der Waals surface area contributed by atoms with Crippen molar-refractivity contribution in [2.24, 2.45) is 0 Å². The Morgan fingerprint density at radius 2 is 0.581 bits per heavy atom. The van der Waals surface area contributed by atoms with Crippen LogP contribution in [0.25, 0.3) is 0 Å². The first kappa shape index (κ1) is 70.1. The lowest BCUT2D eigenvalue weighted by molar-refractivity contribution is -0.166. The molecule has 0 heterocycles. The highest BCUT2D eigenvalue weighted by atomic mass is 16.6. The normalized spacial score (nSPS) is 12.9. The summed E-state index contributed by atoms with van der Waals surface area (Å²) in [6.07, 6.45) is 84.1. The first-order valence-electron chi connectivity index (χ1n) is 30.9. The Hall–Kier alpha value is -3.93. The van der Waals surface area contributed by atoms with Gasteiger partial charge in [-0.3, -0.25) is 14.4 Å². The summed E-state index contributed by atoms with van der Waals surface area (Å²) in [5, 5.41) is 0. The number of carbonyl (C=O) groups is 3. The van der Waals surface area contributed by atoms with E-state index in [1.165, 1.54) is 141 Å². The third-order valence-corrected chi connectivity index (χ3v) is 13.0. The predicted molar refractivity (Wildman–Crippen MR) is 320 cm³/mol. The Balaban J connectivity index is 4.34. The first-order chi connectivity index (χ1) is 36.5. The van der Waals surface area contributed by atoms with Crippen LogP contribution in [0.1, 0.15) is 284 Å². The van der Waals surface area contributed by atoms with Gasteiger partial charge in [0.25, 0.3) is 0 Å². The highest BCUT2D eigenvalue weighted by Gasteiger charge is 2.19. The maximum atomic E-state index is 12.8. The molecule has 0 bridgehead atoms. The summed E-state index contributed by atoms with van der Waals surface area (Å²) in [4.78, 5) is 38.1. The number of allylic oxidation sites excluding steroid dienone is 17. The van der Waals surface area contributed by atoms with Crippen molar-refractivity contribution in [2.45, 2.75) is 290 Å². The van der Waals surface area contributed by atoms with Crippen molar-refractivity contribution in [3.8, 4) is 0 Å². The van der Waals surface area contributed by atoms with E-state index in [2.05, 4.69) is 118 Å². The molecule has 0 saturated carbocycles. The quantitative estimate of drug-likeness (QED) is 0.0261. The molecule has 6 nitrogen and oxygen atoms in total. The van der Waals surface area contributed by atoms with Crippen molar-refractivity contribution in [2.75, 3.05) is 13.2 Å². The van der Waals surface area contributed by atoms with Gasteiger partial charge < -0.3 is 14.2 Å². The molecule has 0 saturated heterocycles. The number of hydrogen-bond donors (Lipinski definition) is 0. The summed E-state index contributed by atoms with van der Waals surface area (Å²) in [7, 11) is 0. The minimum atomic E-state index is -0.840. The van der Waals surface area contributed by atoms with Crippen molar-refractivity contribution >= 4 is 17.9 Å². The SMILES string of the molecule is CC/C=C\C/C=C\C/C=C\C/C=C\C/C=C\CC(=O)OC(COC(=O)CCCCCCC/C=C\C/C=C\CCCC)COC(=O)CCCCCCCCCCCCCCCCC/C=C\C/C=C\CCCCCCC. The number of unbranched alkanes of at least 4 members (excludes halogenated alkanes) is 27. The van der Waals surface area contributed by atoms with E-state index in [4.69, 9.17) is 14.2 Å². The topological polar surface area (TPSA) is 78.9 Å². The highest BCUT2D eigenvalue weighted by Crippen LogP contribution is 2.16. The van der Waals surface area contributed by atoms with Crippen LogP contribution < -0.4 is 0 Å². The average molecular weight is 1030 g/mol. The second-order valence-corrected chi connectivity index (χ2v) is 20.2. The lowest BCUT2D eigenvalue weighted by Crippen LogP contribution is -2.30. The number of ether oxygens (including phenoxy) is 3. The summed E-state index contributed by atoms with van der Waals surface area (Å²) in [6, 6.07) is 0. The summed E-state index contributed by atoms with van der Waals surface area (Å²) in [5.74, 6) is -1.06. The zero-order valence-corrected chi connectivity index (χ0v) is 48.3. The second-order valence-electron chi connectivity index (χ2n) is 20.2. The van der Waals surface area contributed by atoms with Gasteiger partial charge in [-0.25, -0.2) is 0 Å². The van der Waals surface area contributed by atoms with Gasteiger partial charge in [-0.05, 0) is 103 Å². The summed E-state index contributed by atoms with van der Waals surface area (Å²) < 4.78 is 16.8. The summed E-state index contributed by atoms with van der Waals surface area (Å²) in [6.45, 7) is 6.39. The fraction of sp³-hybridized carbons (Fsp3) is 0.691. The van der Waals surface area contributed by atoms with Crippen LogP contribution in [-0.2, 0) is 28.6 Å². The van der Waals surface area contributed by atoms with Crippen LogP contribution in [0.15, 0.2) is 109 Å². The molecule has 0 amide bonds. The van der Waals surface area contributed by atoms with E-state index < -0.39 is 12.1 Å². The van der Waals surface area contributed by atoms with Crippen molar-refractivity contribution in [1.82, 2.24) is 0 Å². The average Bonchev–Trinajstić information content (AvgIpc) is 3.40. The van der Waals surface area contributed by atoms with Crippen LogP contribution >= 0.6 is 0 Å². The lowest BCUT2D eigenvalue weighted by atomic mass is 10.0. The molecule has 0 rings (SSSR count). The van der Waals surface area contributed by atoms with Crippen molar-refractivity contribution in [1.29, 1.82) is 0 Å². The molecule has 0 aromatic heterocycles. The summed E-state index contributed by atoms with van der Waals surface area (Å²) >= 11 is 0. The number of carbonyl (C=O) groups excluding carboxylic acids is 3. The van der Waals surface area contributed by atoms with Crippen LogP contribution in [0.5, 0.6) is 0 Å². The molecule has 0 N–H and O–H groups in total. The van der Waals surface area contributed by atoms with E-state index in [9.17, 15) is 14.4 Å². The van der Waals surface area contributed by atoms with Gasteiger partial charge >= 0.3 is 17.9 Å². The Labute approximate surface area is 457 Å². The number of esters is 3. The minimum Gasteiger partial charge on any atom is -0.462 e. The van der Waals surface area contributed by atoms with E-state index in [0.29, 0.717) is 12.8 Å². The molecule has 0 radical (unpaired) electrons. The Bertz CT molecular complexity index is 1510. The van der Waals surface area contributed by atoms with E-state index in [0.717, 1.165) is 103 Å². The van der Waals surface area contributed by atoms with Crippen molar-refractivity contribution in [3.63, 3.8) is 0 Å². The van der Waals surface area contributed by atoms with Crippen LogP contribution in [0.2, 0.25) is 0 Å². The number of hydrogen-bond acceptors (Lipinski definition) is 6. The van der Waals surface area contributed by atoms with E-state index in [-0.39, 0.29) is 31.6 Å². The highest BCUT2D eigenvalue weighted by molar-refractivity contribution is 5.72. The molecule has 0 aliphatic heterocycles. The third kappa shape index (κ3) is 59.0. The molecule has 74 heavy (non-hydrogen) atoms. The van der Waals surface area contributed by atoms with Crippen LogP contribution in [0, 0.1) is 0 Å². The van der Waals surface area contributed by atoms with Gasteiger partial charge in [-0.2, -0.15) is 0 Å². The minimum absolute atomic E-state index is 0.0919. The molecule has 1 atom stereocenters. The molecule has 0 aromatic rings. The van der Waals surface area contributed by atoms with Crippen LogP contribution in [-0.4, -0.2) is 37.2 Å². The van der Waals surface area contributed by atoms with Gasteiger partial charge in [-0.15, -0.1) is 0 Å². The standard InChI is InChI=1S/C68H114O6/c1-4-7-10-13-16-19-22-25-28-29-30-31-32-33-34-35-36-37-38-39-41-43-46-49-52-55-58-61-67(70)73-64-65(63-72-66(69)60-57-54-51-48-45-42-27-24-21-18-15-12-9-6-3)74-68(71)62-59-56-53-50-47-44-40-26-23-20-17-14-11-8-5-2/h8,11,15,17-18,20,22,24-27,29-30,40,47,50,56,59,65H,4-7,9-10,12-14,16,19,21,23,28,31-39,41-46,48-49,51-55,57-58,60-64H2,1-3H3/b11-8-,18-15-,20-17-,25-22-,27-24-,30-29-,40-26-,50-47-,59-56-. The van der Waals surface area contributed by atoms with Gasteiger partial charge in [0, 0.05) is 12.8 Å². The van der Waals surface area contributed by atoms with Gasteiger partial charge in [0.15, 0.2) is 6.10 Å². The van der Waals surface area contributed by atoms with Crippen molar-refractivity contribution < 1.29 is 28.6 Å². The molecule has 422 valence electrons. The molecular formula is C68H114O6. The van der Waals surface area contributed by atoms with E-state index >= 15 is 0 Å². The molecule has 6 heteroatoms. The van der Waals surface area contributed by atoms with Gasteiger partial charge in [0.1, 0.15) is 13.2 Å². The molecule has 0 fully saturated rings. The largest absolute Gasteiger partial charge is 0.462 e. The molecular weight excluding hydrogens is 913 g/mol. The van der Waals surface area contributed by atoms with Crippen LogP contribution in [0.4, 0.5) is 0 Å². The summed E-state index contributed by atoms with van der Waals surface area (Å²) in [5.41, 5.74) is 0. The maximum Gasteiger partial charge on any atom is 0.310 e. The fourth-order valence-corrected chi connectivity index (χ4v) is 8.39. The predicted octanol–water partition coefficient (Wildman–Crippen LogP) is 21.0. The second kappa shape index (κ2) is 61.6. The monoisotopic (exact) mass is 1030 g/mol. The fourth-order valence-electron chi connectivity index (χ4n) is 8.39. The van der Waals surface area contributed by atoms with Crippen molar-refractivity contribution in [3.05, 3.63) is 109 Å². The maximum absolute atomic E-state index is 12.8. The molecule has 0 aliphatic carbocycles. The zero-order chi connectivity index (χ0) is 53.6. The Morgan fingerprint density at radius 1 is 0.297 bits per heavy atom. The van der Waals surface area contributed by atoms with E-state index in [1.807, 2.05) is 6.08 Å². The van der Waals surface area contributed by atoms with Gasteiger partial charge in [0.05, 0.1) is 6.42 Å². The molecule has 0 aromatic carbocycles. The van der Waals surface area contributed by atoms with Gasteiger partial charge in [-0.1, -0.05) is 271 Å². The molecule has 1 unspecified atom stereocenters. The smallest absolute Gasteiger partial charge is 0.310 e. The number of rotatable bonds is 55. The van der Waals surface area contributed by atoms with E-state index in [1.54, 1.807) is 6.08 Å². The zero-order valence-electron chi connectivity index (χ0n) is 48.3. The van der Waals surface area contributed by atoms with Crippen LogP contribution in [0.3, 0.4) is 0 Å². The molecule has 0 spiro atoms. The van der Waals surface area contributed by atoms with Gasteiger partial charge in [0.2, 0.25) is 0 Å².